The molecule has 12 heteroatoms. The van der Waals surface area contributed by atoms with Crippen LogP contribution in [0, 0.1) is 0 Å². The van der Waals surface area contributed by atoms with Crippen molar-refractivity contribution in [1.29, 1.82) is 0 Å². The topological polar surface area (TPSA) is 114 Å². The molecule has 0 spiro atoms. The Kier molecular flexibility index (Phi) is 9.14. The van der Waals surface area contributed by atoms with Gasteiger partial charge in [-0.25, -0.2) is 8.42 Å². The highest BCUT2D eigenvalue weighted by Crippen LogP contribution is 2.39. The van der Waals surface area contributed by atoms with Crippen molar-refractivity contribution >= 4 is 56.6 Å². The summed E-state index contributed by atoms with van der Waals surface area (Å²) in [4.78, 5) is 27.4. The third-order valence-electron chi connectivity index (χ3n) is 6.77. The summed E-state index contributed by atoms with van der Waals surface area (Å²) < 4.78 is 38.9. The van der Waals surface area contributed by atoms with E-state index in [1.807, 2.05) is 29.2 Å². The van der Waals surface area contributed by atoms with Gasteiger partial charge in [-0.1, -0.05) is 35.9 Å². The van der Waals surface area contributed by atoms with Crippen molar-refractivity contribution in [1.82, 2.24) is 4.90 Å². The van der Waals surface area contributed by atoms with E-state index in [0.29, 0.717) is 40.1 Å². The van der Waals surface area contributed by atoms with Crippen LogP contribution in [0.1, 0.15) is 26.9 Å². The van der Waals surface area contributed by atoms with Crippen molar-refractivity contribution in [3.05, 3.63) is 113 Å². The van der Waals surface area contributed by atoms with Gasteiger partial charge in [-0.2, -0.15) is 0 Å². The first-order valence-corrected chi connectivity index (χ1v) is 16.0. The maximum Gasteiger partial charge on any atom is 0.262 e. The number of anilines is 2. The lowest BCUT2D eigenvalue weighted by Crippen LogP contribution is -2.27. The highest BCUT2D eigenvalue weighted by Gasteiger charge is 2.32. The molecule has 1 aliphatic heterocycles. The first-order chi connectivity index (χ1) is 20.7. The molecule has 1 fully saturated rings. The van der Waals surface area contributed by atoms with Gasteiger partial charge < -0.3 is 19.7 Å². The van der Waals surface area contributed by atoms with E-state index < -0.39 is 10.0 Å². The van der Waals surface area contributed by atoms with E-state index in [0.717, 1.165) is 11.1 Å². The Morgan fingerprint density at radius 2 is 1.65 bits per heavy atom. The third-order valence-corrected chi connectivity index (χ3v) is 9.66. The van der Waals surface area contributed by atoms with Crippen molar-refractivity contribution in [3.8, 4) is 11.5 Å². The van der Waals surface area contributed by atoms with E-state index in [1.165, 1.54) is 44.6 Å². The second kappa shape index (κ2) is 13.0. The van der Waals surface area contributed by atoms with Crippen LogP contribution in [0.4, 0.5) is 11.4 Å². The second-order valence-corrected chi connectivity index (χ2v) is 12.8. The van der Waals surface area contributed by atoms with Gasteiger partial charge in [0.25, 0.3) is 15.9 Å². The first-order valence-electron chi connectivity index (χ1n) is 13.1. The van der Waals surface area contributed by atoms with Crippen molar-refractivity contribution in [2.24, 2.45) is 0 Å². The second-order valence-electron chi connectivity index (χ2n) is 9.58. The summed E-state index contributed by atoms with van der Waals surface area (Å²) in [5, 5.41) is 3.26. The van der Waals surface area contributed by atoms with Crippen LogP contribution in [0.2, 0.25) is 5.02 Å². The summed E-state index contributed by atoms with van der Waals surface area (Å²) >= 11 is 7.53. The van der Waals surface area contributed by atoms with Crippen LogP contribution in [0.15, 0.2) is 95.9 Å². The fourth-order valence-electron chi connectivity index (χ4n) is 4.50. The van der Waals surface area contributed by atoms with E-state index in [9.17, 15) is 18.0 Å². The Hall–Kier alpha value is -4.19. The van der Waals surface area contributed by atoms with Gasteiger partial charge in [0.05, 0.1) is 30.6 Å². The number of rotatable bonds is 10. The number of carbonyl (C=O) groups excluding carboxylic acids is 2. The molecule has 0 bridgehead atoms. The van der Waals surface area contributed by atoms with Crippen LogP contribution in [0.3, 0.4) is 0 Å². The van der Waals surface area contributed by atoms with E-state index in [1.54, 1.807) is 48.2 Å². The Morgan fingerprint density at radius 1 is 0.953 bits per heavy atom. The normalized spacial score (nSPS) is 14.8. The lowest BCUT2D eigenvalue weighted by molar-refractivity contribution is -0.128. The van der Waals surface area contributed by atoms with Gasteiger partial charge in [0.15, 0.2) is 0 Å². The molecule has 9 nitrogen and oxygen atoms in total. The third kappa shape index (κ3) is 7.07. The van der Waals surface area contributed by atoms with E-state index in [2.05, 4.69) is 10.0 Å². The molecule has 0 aromatic heterocycles. The molecule has 2 N–H and O–H groups in total. The van der Waals surface area contributed by atoms with E-state index in [4.69, 9.17) is 21.1 Å². The van der Waals surface area contributed by atoms with Crippen LogP contribution < -0.4 is 19.5 Å². The summed E-state index contributed by atoms with van der Waals surface area (Å²) in [5.41, 5.74) is 2.98. The summed E-state index contributed by atoms with van der Waals surface area (Å²) in [6, 6.07) is 25.1. The number of amides is 2. The summed E-state index contributed by atoms with van der Waals surface area (Å²) in [6.07, 6.45) is 0. The van der Waals surface area contributed by atoms with Gasteiger partial charge in [0.2, 0.25) is 5.91 Å². The number of hydrogen-bond donors (Lipinski definition) is 2. The van der Waals surface area contributed by atoms with E-state index >= 15 is 0 Å². The first kappa shape index (κ1) is 30.3. The minimum atomic E-state index is -3.95. The van der Waals surface area contributed by atoms with Gasteiger partial charge in [-0.3, -0.25) is 14.3 Å². The zero-order valence-corrected chi connectivity index (χ0v) is 25.6. The van der Waals surface area contributed by atoms with Crippen molar-refractivity contribution < 1.29 is 27.5 Å². The number of methoxy groups -OCH3 is 2. The summed E-state index contributed by atoms with van der Waals surface area (Å²) in [6.45, 7) is 0.463. The van der Waals surface area contributed by atoms with Gasteiger partial charge in [-0.05, 0) is 71.8 Å². The highest BCUT2D eigenvalue weighted by molar-refractivity contribution is 8.00. The average Bonchev–Trinajstić information content (AvgIpc) is 3.37. The number of hydrogen-bond acceptors (Lipinski definition) is 7. The molecule has 1 saturated heterocycles. The molecule has 0 unspecified atom stereocenters. The molecular formula is C31H28ClN3O6S2. The number of sulfonamides is 1. The van der Waals surface area contributed by atoms with Crippen LogP contribution in [0.25, 0.3) is 0 Å². The summed E-state index contributed by atoms with van der Waals surface area (Å²) in [7, 11) is -1.02. The Morgan fingerprint density at radius 3 is 2.30 bits per heavy atom. The standard InChI is InChI=1S/C31H28ClN3O6S2/c1-40-25-13-16-28(41-2)27(17-25)34-43(38,39)26-14-11-24(12-15-26)33-30(37)21-5-7-22(8-6-21)31-35(29(36)19-42-31)18-20-3-9-23(32)10-4-20/h3-17,31,34H,18-19H2,1-2H3,(H,33,37)/t31-/m1/s1. The Bertz CT molecular complexity index is 1730. The fourth-order valence-corrected chi connectivity index (χ4v) is 6.88. The van der Waals surface area contributed by atoms with Crippen molar-refractivity contribution in [3.63, 3.8) is 0 Å². The molecule has 0 saturated carbocycles. The molecule has 43 heavy (non-hydrogen) atoms. The highest BCUT2D eigenvalue weighted by atomic mass is 35.5. The number of nitrogens with one attached hydrogen (secondary N) is 2. The van der Waals surface area contributed by atoms with Crippen LogP contribution in [0.5, 0.6) is 11.5 Å². The molecule has 1 atom stereocenters. The lowest BCUT2D eigenvalue weighted by Gasteiger charge is -2.24. The molecular weight excluding hydrogens is 610 g/mol. The number of halogens is 1. The van der Waals surface area contributed by atoms with Crippen molar-refractivity contribution in [2.45, 2.75) is 16.8 Å². The molecule has 0 aliphatic carbocycles. The van der Waals surface area contributed by atoms with Gasteiger partial charge in [-0.15, -0.1) is 11.8 Å². The minimum Gasteiger partial charge on any atom is -0.497 e. The van der Waals surface area contributed by atoms with Crippen LogP contribution in [-0.2, 0) is 21.4 Å². The number of ether oxygens (including phenoxy) is 2. The molecule has 222 valence electrons. The predicted molar refractivity (Wildman–Crippen MR) is 168 cm³/mol. The number of nitrogens with zero attached hydrogens (tertiary/aromatic N) is 1. The van der Waals surface area contributed by atoms with Gasteiger partial charge in [0, 0.05) is 28.9 Å². The Labute approximate surface area is 259 Å². The maximum absolute atomic E-state index is 13.0. The molecule has 0 radical (unpaired) electrons. The molecule has 1 heterocycles. The van der Waals surface area contributed by atoms with Gasteiger partial charge in [0.1, 0.15) is 16.9 Å². The zero-order chi connectivity index (χ0) is 30.6. The number of benzene rings is 4. The number of carbonyl (C=O) groups is 2. The predicted octanol–water partition coefficient (Wildman–Crippen LogP) is 6.18. The minimum absolute atomic E-state index is 0.00601. The molecule has 2 amide bonds. The maximum atomic E-state index is 13.0. The van der Waals surface area contributed by atoms with E-state index in [-0.39, 0.29) is 27.8 Å². The summed E-state index contributed by atoms with van der Waals surface area (Å²) in [5.74, 6) is 0.890. The number of thioether (sulfide) groups is 1. The van der Waals surface area contributed by atoms with Crippen LogP contribution in [-0.4, -0.2) is 45.1 Å². The quantitative estimate of drug-likeness (QED) is 0.213. The van der Waals surface area contributed by atoms with Crippen LogP contribution >= 0.6 is 23.4 Å². The Balaban J connectivity index is 1.23. The zero-order valence-electron chi connectivity index (χ0n) is 23.2. The van der Waals surface area contributed by atoms with Gasteiger partial charge >= 0.3 is 0 Å². The average molecular weight is 638 g/mol. The molecule has 1 aliphatic rings. The molecule has 4 aromatic carbocycles. The largest absolute Gasteiger partial charge is 0.497 e. The van der Waals surface area contributed by atoms with Crippen molar-refractivity contribution in [2.75, 3.05) is 30.0 Å². The smallest absolute Gasteiger partial charge is 0.262 e. The SMILES string of the molecule is COc1ccc(OC)c(NS(=O)(=O)c2ccc(NC(=O)c3ccc([C@H]4SCC(=O)N4Cc4ccc(Cl)cc4)cc3)cc2)c1. The lowest BCUT2D eigenvalue weighted by atomic mass is 10.1. The monoisotopic (exact) mass is 637 g/mol. The molecule has 4 aromatic rings. The fraction of sp³-hybridized carbons (Fsp3) is 0.161. The molecule has 5 rings (SSSR count).